The van der Waals surface area contributed by atoms with E-state index >= 15 is 0 Å². The summed E-state index contributed by atoms with van der Waals surface area (Å²) in [6.07, 6.45) is 0. The maximum Gasteiger partial charge on any atom is 0.238 e. The molecular weight excluding hydrogens is 303 g/mol. The number of carbonyl (C=O) groups is 1. The molecule has 3 nitrogen and oxygen atoms in total. The van der Waals surface area contributed by atoms with E-state index < -0.39 is 0 Å². The van der Waals surface area contributed by atoms with E-state index in [-0.39, 0.29) is 18.3 Å². The minimum absolute atomic E-state index is 0.102. The molecule has 5 heteroatoms. The number of hydrogen-bond donors (Lipinski definition) is 1. The van der Waals surface area contributed by atoms with Crippen molar-refractivity contribution in [2.45, 2.75) is 13.5 Å². The molecule has 0 spiro atoms. The van der Waals surface area contributed by atoms with Gasteiger partial charge in [0.15, 0.2) is 0 Å². The summed E-state index contributed by atoms with van der Waals surface area (Å²) in [5.41, 5.74) is 2.63. The molecule has 116 valence electrons. The highest BCUT2D eigenvalue weighted by molar-refractivity contribution is 6.30. The maximum atomic E-state index is 12.9. The van der Waals surface area contributed by atoms with Gasteiger partial charge < -0.3 is 5.32 Å². The fourth-order valence-electron chi connectivity index (χ4n) is 2.16. The summed E-state index contributed by atoms with van der Waals surface area (Å²) in [6.45, 7) is 2.72. The average molecular weight is 321 g/mol. The normalized spacial score (nSPS) is 10.8. The Kier molecular flexibility index (Phi) is 5.52. The summed E-state index contributed by atoms with van der Waals surface area (Å²) in [7, 11) is 1.84. The lowest BCUT2D eigenvalue weighted by atomic mass is 10.2. The maximum absolute atomic E-state index is 12.9. The minimum atomic E-state index is -0.262. The highest BCUT2D eigenvalue weighted by Gasteiger charge is 2.09. The van der Waals surface area contributed by atoms with Crippen molar-refractivity contribution in [1.82, 2.24) is 4.90 Å². The second-order valence-electron chi connectivity index (χ2n) is 5.31. The van der Waals surface area contributed by atoms with Gasteiger partial charge in [-0.15, -0.1) is 0 Å². The van der Waals surface area contributed by atoms with Gasteiger partial charge in [-0.1, -0.05) is 23.7 Å². The highest BCUT2D eigenvalue weighted by atomic mass is 35.5. The molecule has 0 bridgehead atoms. The lowest BCUT2D eigenvalue weighted by molar-refractivity contribution is -0.117. The summed E-state index contributed by atoms with van der Waals surface area (Å²) in [6, 6.07) is 11.6. The van der Waals surface area contributed by atoms with Gasteiger partial charge in [-0.2, -0.15) is 0 Å². The first kappa shape index (κ1) is 16.5. The van der Waals surface area contributed by atoms with Crippen LogP contribution in [0.1, 0.15) is 11.1 Å². The van der Waals surface area contributed by atoms with Gasteiger partial charge in [0.2, 0.25) is 5.91 Å². The topological polar surface area (TPSA) is 32.3 Å². The van der Waals surface area contributed by atoms with Gasteiger partial charge in [0.1, 0.15) is 5.82 Å². The molecule has 2 aromatic rings. The van der Waals surface area contributed by atoms with Crippen LogP contribution in [-0.2, 0) is 11.3 Å². The summed E-state index contributed by atoms with van der Waals surface area (Å²) in [5.74, 6) is -0.364. The Labute approximate surface area is 134 Å². The number of aryl methyl sites for hydroxylation is 1. The lowest BCUT2D eigenvalue weighted by Crippen LogP contribution is -2.30. The second-order valence-corrected chi connectivity index (χ2v) is 5.74. The number of amides is 1. The van der Waals surface area contributed by atoms with E-state index in [0.717, 1.165) is 16.8 Å². The molecule has 0 aromatic heterocycles. The van der Waals surface area contributed by atoms with Crippen LogP contribution >= 0.6 is 11.6 Å². The van der Waals surface area contributed by atoms with Crippen molar-refractivity contribution in [2.24, 2.45) is 0 Å². The van der Waals surface area contributed by atoms with E-state index in [9.17, 15) is 9.18 Å². The van der Waals surface area contributed by atoms with Gasteiger partial charge in [-0.3, -0.25) is 9.69 Å². The van der Waals surface area contributed by atoms with Crippen LogP contribution in [0, 0.1) is 12.7 Å². The molecule has 1 N–H and O–H groups in total. The number of nitrogens with one attached hydrogen (secondary N) is 1. The molecule has 22 heavy (non-hydrogen) atoms. The van der Waals surface area contributed by atoms with Crippen LogP contribution in [0.15, 0.2) is 42.5 Å². The van der Waals surface area contributed by atoms with Gasteiger partial charge in [0, 0.05) is 17.3 Å². The van der Waals surface area contributed by atoms with E-state index in [1.807, 2.05) is 18.9 Å². The number of benzene rings is 2. The summed E-state index contributed by atoms with van der Waals surface area (Å²) < 4.78 is 12.9. The molecule has 1 amide bonds. The zero-order chi connectivity index (χ0) is 16.1. The van der Waals surface area contributed by atoms with Gasteiger partial charge in [-0.25, -0.2) is 4.39 Å². The van der Waals surface area contributed by atoms with Crippen LogP contribution in [0.4, 0.5) is 10.1 Å². The van der Waals surface area contributed by atoms with E-state index in [4.69, 9.17) is 11.6 Å². The fourth-order valence-corrected chi connectivity index (χ4v) is 2.39. The highest BCUT2D eigenvalue weighted by Crippen LogP contribution is 2.19. The number of nitrogens with zero attached hydrogens (tertiary/aromatic N) is 1. The molecule has 0 heterocycles. The largest absolute Gasteiger partial charge is 0.325 e. The molecule has 0 unspecified atom stereocenters. The Morgan fingerprint density at radius 2 is 1.91 bits per heavy atom. The monoisotopic (exact) mass is 320 g/mol. The second kappa shape index (κ2) is 7.38. The van der Waals surface area contributed by atoms with Crippen LogP contribution in [0.3, 0.4) is 0 Å². The van der Waals surface area contributed by atoms with Gasteiger partial charge >= 0.3 is 0 Å². The van der Waals surface area contributed by atoms with Crippen molar-refractivity contribution in [3.05, 3.63) is 64.4 Å². The van der Waals surface area contributed by atoms with Crippen molar-refractivity contribution < 1.29 is 9.18 Å². The number of hydrogen-bond acceptors (Lipinski definition) is 2. The lowest BCUT2D eigenvalue weighted by Gasteiger charge is -2.17. The summed E-state index contributed by atoms with van der Waals surface area (Å²) >= 11 is 5.89. The Bertz CT molecular complexity index is 658. The summed E-state index contributed by atoms with van der Waals surface area (Å²) in [4.78, 5) is 13.9. The van der Waals surface area contributed by atoms with Gasteiger partial charge in [-0.05, 0) is 55.4 Å². The molecule has 0 aliphatic carbocycles. The summed E-state index contributed by atoms with van der Waals surface area (Å²) in [5, 5.41) is 3.51. The predicted octanol–water partition coefficient (Wildman–Crippen LogP) is 3.86. The average Bonchev–Trinajstić information content (AvgIpc) is 2.44. The molecule has 2 aromatic carbocycles. The van der Waals surface area contributed by atoms with Gasteiger partial charge in [0.05, 0.1) is 6.54 Å². The Morgan fingerprint density at radius 3 is 2.55 bits per heavy atom. The zero-order valence-corrected chi connectivity index (χ0v) is 13.3. The molecule has 0 saturated carbocycles. The first-order valence-corrected chi connectivity index (χ1v) is 7.31. The third-order valence-corrected chi connectivity index (χ3v) is 3.48. The number of halogens is 2. The van der Waals surface area contributed by atoms with E-state index in [0.29, 0.717) is 11.6 Å². The molecule has 0 aliphatic rings. The van der Waals surface area contributed by atoms with Crippen LogP contribution < -0.4 is 5.32 Å². The zero-order valence-electron chi connectivity index (χ0n) is 12.6. The van der Waals surface area contributed by atoms with E-state index in [2.05, 4.69) is 5.32 Å². The molecule has 2 rings (SSSR count). The standard InChI is InChI=1S/C17H18ClFN2O/c1-12-9-14(18)5-8-16(12)20-17(22)11-21(2)10-13-3-6-15(19)7-4-13/h3-9H,10-11H2,1-2H3,(H,20,22). The smallest absolute Gasteiger partial charge is 0.238 e. The van der Waals surface area contributed by atoms with Crippen LogP contribution in [0.25, 0.3) is 0 Å². The first-order chi connectivity index (χ1) is 10.4. The van der Waals surface area contributed by atoms with Crippen molar-refractivity contribution in [3.8, 4) is 0 Å². The fraction of sp³-hybridized carbons (Fsp3) is 0.235. The molecule has 0 aliphatic heterocycles. The Balaban J connectivity index is 1.89. The first-order valence-electron chi connectivity index (χ1n) is 6.93. The molecular formula is C17H18ClFN2O. The van der Waals surface area contributed by atoms with E-state index in [1.165, 1.54) is 12.1 Å². The van der Waals surface area contributed by atoms with E-state index in [1.54, 1.807) is 30.3 Å². The van der Waals surface area contributed by atoms with Crippen molar-refractivity contribution >= 4 is 23.2 Å². The number of anilines is 1. The quantitative estimate of drug-likeness (QED) is 0.907. The van der Waals surface area contributed by atoms with Crippen molar-refractivity contribution in [3.63, 3.8) is 0 Å². The minimum Gasteiger partial charge on any atom is -0.325 e. The Hall–Kier alpha value is -1.91. The van der Waals surface area contributed by atoms with Gasteiger partial charge in [0.25, 0.3) is 0 Å². The van der Waals surface area contributed by atoms with Crippen LogP contribution in [0.5, 0.6) is 0 Å². The molecule has 0 saturated heterocycles. The molecule has 0 radical (unpaired) electrons. The predicted molar refractivity (Wildman–Crippen MR) is 87.6 cm³/mol. The number of carbonyl (C=O) groups excluding carboxylic acids is 1. The number of likely N-dealkylation sites (N-methyl/N-ethyl adjacent to an activating group) is 1. The SMILES string of the molecule is Cc1cc(Cl)ccc1NC(=O)CN(C)Cc1ccc(F)cc1. The third-order valence-electron chi connectivity index (χ3n) is 3.24. The Morgan fingerprint density at radius 1 is 1.23 bits per heavy atom. The van der Waals surface area contributed by atoms with Crippen molar-refractivity contribution in [1.29, 1.82) is 0 Å². The third kappa shape index (κ3) is 4.83. The van der Waals surface area contributed by atoms with Crippen LogP contribution in [-0.4, -0.2) is 24.4 Å². The van der Waals surface area contributed by atoms with Crippen molar-refractivity contribution in [2.75, 3.05) is 18.9 Å². The number of rotatable bonds is 5. The molecule has 0 atom stereocenters. The van der Waals surface area contributed by atoms with Crippen LogP contribution in [0.2, 0.25) is 5.02 Å². The molecule has 0 fully saturated rings.